The Hall–Kier alpha value is -0.801. The van der Waals surface area contributed by atoms with Crippen molar-refractivity contribution in [1.82, 2.24) is 9.55 Å². The maximum atomic E-state index is 11.3. The number of nitrogens with zero attached hydrogens (tertiary/aromatic N) is 2. The molecular weight excluding hydrogens is 209 g/mol. The van der Waals surface area contributed by atoms with Crippen LogP contribution in [0.1, 0.15) is 0 Å². The van der Waals surface area contributed by atoms with Crippen molar-refractivity contribution in [3.63, 3.8) is 0 Å². The van der Waals surface area contributed by atoms with E-state index < -0.39 is 0 Å². The average molecular weight is 217 g/mol. The monoisotopic (exact) mass is 218 g/mol. The first-order valence-electron chi connectivity index (χ1n) is 3.07. The van der Waals surface area contributed by atoms with Gasteiger partial charge in [-0.15, -0.1) is 0 Å². The topological polar surface area (TPSA) is 46.9 Å². The van der Waals surface area contributed by atoms with Gasteiger partial charge in [-0.3, -0.25) is 0 Å². The van der Waals surface area contributed by atoms with E-state index in [-0.39, 0.29) is 5.56 Å². The van der Waals surface area contributed by atoms with E-state index in [0.717, 1.165) is 0 Å². The van der Waals surface area contributed by atoms with Gasteiger partial charge in [0, 0.05) is 0 Å². The number of hydrogen-bond acceptors (Lipinski definition) is 3. The Morgan fingerprint density at radius 2 is 2.36 bits per heavy atom. The minimum absolute atomic E-state index is 0.0729. The van der Waals surface area contributed by atoms with Gasteiger partial charge in [0.25, 0.3) is 0 Å². The molecule has 0 saturated heterocycles. The van der Waals surface area contributed by atoms with Crippen molar-refractivity contribution in [1.29, 1.82) is 0 Å². The molecular formula is C6H8N3OSe. The van der Waals surface area contributed by atoms with Gasteiger partial charge in [-0.2, -0.15) is 0 Å². The van der Waals surface area contributed by atoms with Gasteiger partial charge in [-0.25, -0.2) is 0 Å². The van der Waals surface area contributed by atoms with E-state index in [1.54, 1.807) is 14.1 Å². The molecule has 1 aromatic heterocycles. The minimum atomic E-state index is -0.0729. The maximum absolute atomic E-state index is 11.3. The summed E-state index contributed by atoms with van der Waals surface area (Å²) in [6.07, 6.45) is 1.51. The molecule has 0 spiro atoms. The molecule has 59 valence electrons. The normalized spacial score (nSPS) is 9.64. The number of nitrogens with one attached hydrogen (secondary N) is 1. The molecule has 11 heavy (non-hydrogen) atoms. The summed E-state index contributed by atoms with van der Waals surface area (Å²) in [4.78, 5) is 15.2. The molecule has 0 bridgehead atoms. The van der Waals surface area contributed by atoms with E-state index in [0.29, 0.717) is 10.4 Å². The Kier molecular flexibility index (Phi) is 2.31. The summed E-state index contributed by atoms with van der Waals surface area (Å²) in [5.41, 5.74) is 0.433. The van der Waals surface area contributed by atoms with Gasteiger partial charge >= 0.3 is 71.9 Å². The molecule has 0 aliphatic rings. The molecule has 0 aliphatic heterocycles. The first-order valence-corrected chi connectivity index (χ1v) is 3.93. The average Bonchev–Trinajstić information content (AvgIpc) is 2.01. The first kappa shape index (κ1) is 8.30. The second-order valence-corrected chi connectivity index (χ2v) is 2.83. The van der Waals surface area contributed by atoms with Crippen LogP contribution in [-0.2, 0) is 7.05 Å². The second kappa shape index (κ2) is 3.07. The molecule has 0 aromatic carbocycles. The van der Waals surface area contributed by atoms with Crippen LogP contribution in [0.3, 0.4) is 0 Å². The van der Waals surface area contributed by atoms with Gasteiger partial charge in [-0.05, 0) is 0 Å². The van der Waals surface area contributed by atoms with Crippen molar-refractivity contribution in [3.8, 4) is 0 Å². The van der Waals surface area contributed by atoms with Gasteiger partial charge in [0.2, 0.25) is 0 Å². The molecule has 0 amide bonds. The summed E-state index contributed by atoms with van der Waals surface area (Å²) in [7, 11) is 3.36. The van der Waals surface area contributed by atoms with Gasteiger partial charge in [-0.1, -0.05) is 0 Å². The van der Waals surface area contributed by atoms with Crippen LogP contribution in [0.2, 0.25) is 0 Å². The summed E-state index contributed by atoms with van der Waals surface area (Å²) in [5.74, 6) is 0. The zero-order valence-electron chi connectivity index (χ0n) is 6.29. The Bertz CT molecular complexity index is 320. The van der Waals surface area contributed by atoms with Gasteiger partial charge < -0.3 is 0 Å². The Morgan fingerprint density at radius 3 is 2.91 bits per heavy atom. The quantitative estimate of drug-likeness (QED) is 0.589. The zero-order valence-corrected chi connectivity index (χ0v) is 8.00. The third-order valence-corrected chi connectivity index (χ3v) is 2.19. The molecule has 1 N–H and O–H groups in total. The summed E-state index contributed by atoms with van der Waals surface area (Å²) in [5, 5.41) is 2.75. The van der Waals surface area contributed by atoms with Crippen LogP contribution in [0.5, 0.6) is 0 Å². The van der Waals surface area contributed by atoms with Crippen LogP contribution in [0.15, 0.2) is 11.0 Å². The van der Waals surface area contributed by atoms with E-state index in [2.05, 4.69) is 26.3 Å². The van der Waals surface area contributed by atoms with Crippen molar-refractivity contribution >= 4 is 26.4 Å². The predicted octanol–water partition coefficient (Wildman–Crippen LogP) is -1.38. The number of aromatic nitrogens is 2. The molecule has 0 unspecified atom stereocenters. The van der Waals surface area contributed by atoms with E-state index in [4.69, 9.17) is 0 Å². The molecule has 1 aromatic rings. The Labute approximate surface area is 72.5 Å². The van der Waals surface area contributed by atoms with Crippen LogP contribution in [0, 0.1) is 0 Å². The molecule has 0 fully saturated rings. The van der Waals surface area contributed by atoms with Crippen LogP contribution in [0.4, 0.5) is 5.69 Å². The van der Waals surface area contributed by atoms with E-state index in [1.807, 2.05) is 0 Å². The number of rotatable bonds is 1. The molecule has 0 saturated carbocycles. The second-order valence-electron chi connectivity index (χ2n) is 2.07. The number of anilines is 1. The molecule has 4 nitrogen and oxygen atoms in total. The third kappa shape index (κ3) is 1.44. The van der Waals surface area contributed by atoms with Crippen molar-refractivity contribution in [3.05, 3.63) is 16.6 Å². The molecule has 0 aliphatic carbocycles. The van der Waals surface area contributed by atoms with Crippen molar-refractivity contribution in [2.24, 2.45) is 7.05 Å². The molecule has 1 rings (SSSR count). The fourth-order valence-corrected chi connectivity index (χ4v) is 0.985. The van der Waals surface area contributed by atoms with Crippen LogP contribution < -0.4 is 15.6 Å². The molecule has 1 radical (unpaired) electrons. The van der Waals surface area contributed by atoms with E-state index >= 15 is 0 Å². The van der Waals surface area contributed by atoms with Crippen molar-refractivity contribution in [2.45, 2.75) is 0 Å². The van der Waals surface area contributed by atoms with Crippen molar-refractivity contribution in [2.75, 3.05) is 12.4 Å². The third-order valence-electron chi connectivity index (χ3n) is 1.40. The summed E-state index contributed by atoms with van der Waals surface area (Å²) < 4.78 is 2.04. The molecule has 1 heterocycles. The predicted molar refractivity (Wildman–Crippen MR) is 44.4 cm³/mol. The fraction of sp³-hybridized carbons (Fsp3) is 0.333. The Balaban J connectivity index is 3.37. The van der Waals surface area contributed by atoms with Crippen molar-refractivity contribution < 1.29 is 0 Å². The fourth-order valence-electron chi connectivity index (χ4n) is 0.701. The van der Waals surface area contributed by atoms with Gasteiger partial charge in [0.1, 0.15) is 0 Å². The number of hydrogen-bond donors (Lipinski definition) is 1. The van der Waals surface area contributed by atoms with Crippen LogP contribution in [-0.4, -0.2) is 32.6 Å². The molecule has 5 heteroatoms. The summed E-state index contributed by atoms with van der Waals surface area (Å²) >= 11 is 2.69. The van der Waals surface area contributed by atoms with Crippen LogP contribution in [0.25, 0.3) is 0 Å². The summed E-state index contributed by atoms with van der Waals surface area (Å²) in [6.45, 7) is 0. The molecule has 0 atom stereocenters. The van der Waals surface area contributed by atoms with Crippen LogP contribution >= 0.6 is 0 Å². The van der Waals surface area contributed by atoms with Gasteiger partial charge in [0.15, 0.2) is 0 Å². The van der Waals surface area contributed by atoms with E-state index in [9.17, 15) is 4.79 Å². The zero-order chi connectivity index (χ0) is 8.43. The standard InChI is InChI=1S/C6H8N3OSe/c1-7-4-3-8-6(11)9(2)5(4)10/h3,7H,1-2H3. The first-order chi connectivity index (χ1) is 5.16. The summed E-state index contributed by atoms with van der Waals surface area (Å²) in [6, 6.07) is 0. The SMILES string of the molecule is CNc1cnc([Se])n(C)c1=O. The van der Waals surface area contributed by atoms with E-state index in [1.165, 1.54) is 10.8 Å². The van der Waals surface area contributed by atoms with Gasteiger partial charge in [0.05, 0.1) is 0 Å². The Morgan fingerprint density at radius 1 is 1.73 bits per heavy atom.